The fourth-order valence-corrected chi connectivity index (χ4v) is 0.841. The Morgan fingerprint density at radius 1 is 1.58 bits per heavy atom. The summed E-state index contributed by atoms with van der Waals surface area (Å²) in [7, 11) is 0. The van der Waals surface area contributed by atoms with Crippen molar-refractivity contribution in [3.63, 3.8) is 0 Å². The summed E-state index contributed by atoms with van der Waals surface area (Å²) in [5, 5.41) is 3.99. The van der Waals surface area contributed by atoms with E-state index in [4.69, 9.17) is 0 Å². The fourth-order valence-electron chi connectivity index (χ4n) is 0.841. The third-order valence-electron chi connectivity index (χ3n) is 1.31. The number of allylic oxidation sites excluding steroid dienone is 5. The van der Waals surface area contributed by atoms with E-state index in [0.29, 0.717) is 0 Å². The lowest BCUT2D eigenvalue weighted by Crippen LogP contribution is -1.93. The molecule has 1 rings (SSSR count). The quantitative estimate of drug-likeness (QED) is 0.634. The molecule has 0 bridgehead atoms. The minimum absolute atomic E-state index is 0.949. The van der Waals surface area contributed by atoms with Gasteiger partial charge in [-0.25, -0.2) is 9.67 Å². The van der Waals surface area contributed by atoms with Gasteiger partial charge in [0.2, 0.25) is 0 Å². The molecule has 3 heteroatoms. The van der Waals surface area contributed by atoms with Gasteiger partial charge in [0, 0.05) is 0 Å². The van der Waals surface area contributed by atoms with Gasteiger partial charge in [0.25, 0.3) is 0 Å². The molecule has 0 amide bonds. The van der Waals surface area contributed by atoms with Gasteiger partial charge in [-0.3, -0.25) is 0 Å². The van der Waals surface area contributed by atoms with Crippen LogP contribution in [0, 0.1) is 0 Å². The van der Waals surface area contributed by atoms with Crippen LogP contribution in [-0.4, -0.2) is 14.8 Å². The Balaban J connectivity index is 2.95. The molecule has 1 aromatic heterocycles. The maximum Gasteiger partial charge on any atom is 0.138 e. The first-order valence-corrected chi connectivity index (χ1v) is 3.69. The number of hydrogen-bond acceptors (Lipinski definition) is 2. The summed E-state index contributed by atoms with van der Waals surface area (Å²) in [6.07, 6.45) is 10.6. The minimum Gasteiger partial charge on any atom is -0.223 e. The SMILES string of the molecule is C=C/C=C(\C=C/C)n1cncn1. The molecule has 62 valence electrons. The Morgan fingerprint density at radius 2 is 2.42 bits per heavy atom. The van der Waals surface area contributed by atoms with Crippen LogP contribution in [0.25, 0.3) is 5.70 Å². The highest BCUT2D eigenvalue weighted by Crippen LogP contribution is 2.02. The maximum absolute atomic E-state index is 3.99. The van der Waals surface area contributed by atoms with Gasteiger partial charge in [-0.05, 0) is 19.1 Å². The van der Waals surface area contributed by atoms with E-state index >= 15 is 0 Å². The molecule has 0 aliphatic heterocycles. The number of aromatic nitrogens is 3. The predicted octanol–water partition coefficient (Wildman–Crippen LogP) is 1.88. The topological polar surface area (TPSA) is 30.7 Å². The zero-order valence-electron chi connectivity index (χ0n) is 7.01. The van der Waals surface area contributed by atoms with E-state index in [0.717, 1.165) is 5.70 Å². The van der Waals surface area contributed by atoms with Crippen molar-refractivity contribution in [3.8, 4) is 0 Å². The molecule has 0 aliphatic carbocycles. The van der Waals surface area contributed by atoms with E-state index in [1.54, 1.807) is 17.1 Å². The molecular formula is C9H11N3. The van der Waals surface area contributed by atoms with Crippen LogP contribution < -0.4 is 0 Å². The van der Waals surface area contributed by atoms with E-state index in [-0.39, 0.29) is 0 Å². The van der Waals surface area contributed by atoms with Gasteiger partial charge in [-0.1, -0.05) is 18.7 Å². The first-order chi connectivity index (χ1) is 5.88. The monoisotopic (exact) mass is 161 g/mol. The van der Waals surface area contributed by atoms with Crippen LogP contribution in [0.5, 0.6) is 0 Å². The molecule has 0 fully saturated rings. The van der Waals surface area contributed by atoms with Gasteiger partial charge in [0.1, 0.15) is 12.7 Å². The van der Waals surface area contributed by atoms with Crippen molar-refractivity contribution in [2.45, 2.75) is 6.92 Å². The summed E-state index contributed by atoms with van der Waals surface area (Å²) in [6, 6.07) is 0. The minimum atomic E-state index is 0.949. The highest BCUT2D eigenvalue weighted by Gasteiger charge is 1.92. The lowest BCUT2D eigenvalue weighted by molar-refractivity contribution is 0.908. The Bertz CT molecular complexity index is 294. The third kappa shape index (κ3) is 1.92. The molecule has 1 heterocycles. The summed E-state index contributed by atoms with van der Waals surface area (Å²) in [5.41, 5.74) is 0.949. The molecule has 0 saturated carbocycles. The second-order valence-corrected chi connectivity index (χ2v) is 2.17. The molecule has 0 radical (unpaired) electrons. The predicted molar refractivity (Wildman–Crippen MR) is 49.3 cm³/mol. The van der Waals surface area contributed by atoms with E-state index in [1.807, 2.05) is 25.2 Å². The summed E-state index contributed by atoms with van der Waals surface area (Å²) < 4.78 is 1.68. The van der Waals surface area contributed by atoms with Gasteiger partial charge in [-0.15, -0.1) is 0 Å². The normalized spacial score (nSPS) is 12.2. The van der Waals surface area contributed by atoms with Crippen LogP contribution in [0.2, 0.25) is 0 Å². The maximum atomic E-state index is 3.99. The lowest BCUT2D eigenvalue weighted by Gasteiger charge is -1.97. The standard InChI is InChI=1S/C9H11N3/c1-3-5-9(6-4-2)12-8-10-7-11-12/h3-8H,1H2,2H3/b6-4-,9-5+. The zero-order chi connectivity index (χ0) is 8.81. The van der Waals surface area contributed by atoms with Crippen LogP contribution in [0.4, 0.5) is 0 Å². The smallest absolute Gasteiger partial charge is 0.138 e. The first kappa shape index (κ1) is 8.46. The van der Waals surface area contributed by atoms with Crippen molar-refractivity contribution in [1.29, 1.82) is 0 Å². The number of rotatable bonds is 3. The number of nitrogens with zero attached hydrogens (tertiary/aromatic N) is 3. The van der Waals surface area contributed by atoms with Crippen LogP contribution >= 0.6 is 0 Å². The van der Waals surface area contributed by atoms with E-state index in [2.05, 4.69) is 16.7 Å². The van der Waals surface area contributed by atoms with Crippen LogP contribution in [0.15, 0.2) is 43.5 Å². The van der Waals surface area contributed by atoms with Gasteiger partial charge in [0.15, 0.2) is 0 Å². The van der Waals surface area contributed by atoms with Crippen molar-refractivity contribution < 1.29 is 0 Å². The van der Waals surface area contributed by atoms with Gasteiger partial charge < -0.3 is 0 Å². The molecule has 0 spiro atoms. The number of hydrogen-bond donors (Lipinski definition) is 0. The molecular weight excluding hydrogens is 150 g/mol. The average Bonchev–Trinajstić information content (AvgIpc) is 2.56. The highest BCUT2D eigenvalue weighted by atomic mass is 15.3. The molecule has 1 aromatic rings. The van der Waals surface area contributed by atoms with Crippen molar-refractivity contribution in [3.05, 3.63) is 43.5 Å². The van der Waals surface area contributed by atoms with E-state index < -0.39 is 0 Å². The molecule has 0 atom stereocenters. The summed E-state index contributed by atoms with van der Waals surface area (Å²) in [6.45, 7) is 5.57. The molecule has 0 aliphatic rings. The highest BCUT2D eigenvalue weighted by molar-refractivity contribution is 5.57. The average molecular weight is 161 g/mol. The van der Waals surface area contributed by atoms with Crippen LogP contribution in [-0.2, 0) is 0 Å². The van der Waals surface area contributed by atoms with Crippen molar-refractivity contribution in [2.24, 2.45) is 0 Å². The molecule has 0 saturated heterocycles. The zero-order valence-corrected chi connectivity index (χ0v) is 7.01. The fraction of sp³-hybridized carbons (Fsp3) is 0.111. The van der Waals surface area contributed by atoms with E-state index in [1.165, 1.54) is 6.33 Å². The van der Waals surface area contributed by atoms with Crippen molar-refractivity contribution in [2.75, 3.05) is 0 Å². The Labute approximate surface area is 71.7 Å². The second kappa shape index (κ2) is 4.28. The molecule has 0 aromatic carbocycles. The van der Waals surface area contributed by atoms with Crippen LogP contribution in [0.3, 0.4) is 0 Å². The van der Waals surface area contributed by atoms with Crippen molar-refractivity contribution in [1.82, 2.24) is 14.8 Å². The molecule has 3 nitrogen and oxygen atoms in total. The summed E-state index contributed by atoms with van der Waals surface area (Å²) in [5.74, 6) is 0. The first-order valence-electron chi connectivity index (χ1n) is 3.69. The van der Waals surface area contributed by atoms with Gasteiger partial charge in [-0.2, -0.15) is 5.10 Å². The molecule has 0 unspecified atom stereocenters. The third-order valence-corrected chi connectivity index (χ3v) is 1.31. The summed E-state index contributed by atoms with van der Waals surface area (Å²) >= 11 is 0. The lowest BCUT2D eigenvalue weighted by atomic mass is 10.3. The van der Waals surface area contributed by atoms with E-state index in [9.17, 15) is 0 Å². The summed E-state index contributed by atoms with van der Waals surface area (Å²) in [4.78, 5) is 3.85. The Kier molecular flexibility index (Phi) is 3.02. The van der Waals surface area contributed by atoms with Gasteiger partial charge in [0.05, 0.1) is 5.70 Å². The Morgan fingerprint density at radius 3 is 2.92 bits per heavy atom. The second-order valence-electron chi connectivity index (χ2n) is 2.17. The molecule has 0 N–H and O–H groups in total. The van der Waals surface area contributed by atoms with Gasteiger partial charge >= 0.3 is 0 Å². The van der Waals surface area contributed by atoms with Crippen LogP contribution in [0.1, 0.15) is 6.92 Å². The molecule has 12 heavy (non-hydrogen) atoms. The Hall–Kier alpha value is -1.64. The largest absolute Gasteiger partial charge is 0.223 e. The van der Waals surface area contributed by atoms with Crippen molar-refractivity contribution >= 4 is 5.70 Å².